The predicted octanol–water partition coefficient (Wildman–Crippen LogP) is 5.20. The first-order valence-electron chi connectivity index (χ1n) is 10.6. The van der Waals surface area contributed by atoms with Crippen molar-refractivity contribution in [2.24, 2.45) is 0 Å². The quantitative estimate of drug-likeness (QED) is 0.435. The molecule has 3 rings (SSSR count). The zero-order valence-corrected chi connectivity index (χ0v) is 21.0. The number of carbonyl (C=O) groups is 1. The van der Waals surface area contributed by atoms with Gasteiger partial charge in [-0.2, -0.15) is 0 Å². The number of anilines is 2. The highest BCUT2D eigenvalue weighted by Crippen LogP contribution is 2.33. The summed E-state index contributed by atoms with van der Waals surface area (Å²) in [5.74, 6) is 0.126. The van der Waals surface area contributed by atoms with E-state index in [1.807, 2.05) is 13.8 Å². The highest BCUT2D eigenvalue weighted by atomic mass is 35.5. The fourth-order valence-corrected chi connectivity index (χ4v) is 5.16. The minimum atomic E-state index is -4.20. The lowest BCUT2D eigenvalue weighted by atomic mass is 10.2. The number of sulfonamides is 1. The lowest BCUT2D eigenvalue weighted by molar-refractivity contribution is -0.114. The number of hydrogen-bond acceptors (Lipinski definition) is 5. The van der Waals surface area contributed by atoms with Crippen LogP contribution in [0.1, 0.15) is 18.1 Å². The standard InChI is InChI=1S/C25H27ClN2O5S/c1-5-33-22-9-7-6-8-21(22)27-25(29)16-28(19-12-11-18(3)20(26)15-19)34(30,31)24-14-17(2)10-13-23(24)32-4/h6-15H,5,16H2,1-4H3,(H,27,29). The van der Waals surface area contributed by atoms with Crippen LogP contribution in [0.4, 0.5) is 11.4 Å². The van der Waals surface area contributed by atoms with Crippen molar-refractivity contribution in [1.82, 2.24) is 0 Å². The SMILES string of the molecule is CCOc1ccccc1NC(=O)CN(c1ccc(C)c(Cl)c1)S(=O)(=O)c1cc(C)ccc1OC. The molecule has 9 heteroatoms. The van der Waals surface area contributed by atoms with Crippen LogP contribution in [0.3, 0.4) is 0 Å². The van der Waals surface area contributed by atoms with Gasteiger partial charge >= 0.3 is 0 Å². The van der Waals surface area contributed by atoms with E-state index < -0.39 is 22.5 Å². The van der Waals surface area contributed by atoms with Gasteiger partial charge in [-0.15, -0.1) is 0 Å². The van der Waals surface area contributed by atoms with Gasteiger partial charge in [-0.3, -0.25) is 9.10 Å². The second-order valence-corrected chi connectivity index (χ2v) is 9.81. The van der Waals surface area contributed by atoms with Gasteiger partial charge in [-0.25, -0.2) is 8.42 Å². The summed E-state index contributed by atoms with van der Waals surface area (Å²) in [6, 6.07) is 16.7. The fourth-order valence-electron chi connectivity index (χ4n) is 3.33. The van der Waals surface area contributed by atoms with Crippen LogP contribution in [-0.2, 0) is 14.8 Å². The summed E-state index contributed by atoms with van der Waals surface area (Å²) in [6.07, 6.45) is 0. The van der Waals surface area contributed by atoms with Gasteiger partial charge in [0.15, 0.2) is 0 Å². The summed E-state index contributed by atoms with van der Waals surface area (Å²) in [5, 5.41) is 3.14. The van der Waals surface area contributed by atoms with Crippen molar-refractivity contribution < 1.29 is 22.7 Å². The number of nitrogens with one attached hydrogen (secondary N) is 1. The van der Waals surface area contributed by atoms with Crippen molar-refractivity contribution in [3.8, 4) is 11.5 Å². The number of hydrogen-bond donors (Lipinski definition) is 1. The molecule has 0 spiro atoms. The number of benzene rings is 3. The van der Waals surface area contributed by atoms with Crippen molar-refractivity contribution in [2.75, 3.05) is 29.9 Å². The Hall–Kier alpha value is -3.23. The maximum atomic E-state index is 13.8. The Bertz CT molecular complexity index is 1290. The number of ether oxygens (including phenoxy) is 2. The van der Waals surface area contributed by atoms with Crippen LogP contribution in [0.2, 0.25) is 5.02 Å². The lowest BCUT2D eigenvalue weighted by Crippen LogP contribution is -2.38. The predicted molar refractivity (Wildman–Crippen MR) is 135 cm³/mol. The van der Waals surface area contributed by atoms with Crippen molar-refractivity contribution in [1.29, 1.82) is 0 Å². The zero-order chi connectivity index (χ0) is 24.9. The summed E-state index contributed by atoms with van der Waals surface area (Å²) in [6.45, 7) is 5.36. The Labute approximate surface area is 205 Å². The Morgan fingerprint density at radius 2 is 1.76 bits per heavy atom. The number of halogens is 1. The average Bonchev–Trinajstić information content (AvgIpc) is 2.80. The van der Waals surface area contributed by atoms with Crippen LogP contribution in [0.15, 0.2) is 65.6 Å². The normalized spacial score (nSPS) is 11.1. The Balaban J connectivity index is 2.04. The van der Waals surface area contributed by atoms with Crippen molar-refractivity contribution in [3.63, 3.8) is 0 Å². The number of amides is 1. The maximum Gasteiger partial charge on any atom is 0.268 e. The van der Waals surface area contributed by atoms with E-state index in [1.165, 1.54) is 19.2 Å². The summed E-state index contributed by atoms with van der Waals surface area (Å²) >= 11 is 6.30. The van der Waals surface area contributed by atoms with Gasteiger partial charge in [0.25, 0.3) is 10.0 Å². The van der Waals surface area contributed by atoms with Crippen molar-refractivity contribution in [2.45, 2.75) is 25.7 Å². The van der Waals surface area contributed by atoms with Crippen LogP contribution in [-0.4, -0.2) is 34.6 Å². The van der Waals surface area contributed by atoms with E-state index >= 15 is 0 Å². The summed E-state index contributed by atoms with van der Waals surface area (Å²) in [4.78, 5) is 13.0. The molecule has 0 unspecified atom stereocenters. The fraction of sp³-hybridized carbons (Fsp3) is 0.240. The van der Waals surface area contributed by atoms with Crippen LogP contribution in [0.25, 0.3) is 0 Å². The Morgan fingerprint density at radius 3 is 2.44 bits per heavy atom. The molecule has 0 atom stereocenters. The maximum absolute atomic E-state index is 13.8. The van der Waals surface area contributed by atoms with Gasteiger partial charge in [0.2, 0.25) is 5.91 Å². The van der Waals surface area contributed by atoms with Gasteiger partial charge in [-0.05, 0) is 68.3 Å². The minimum Gasteiger partial charge on any atom is -0.495 e. The molecule has 0 aliphatic heterocycles. The van der Waals surface area contributed by atoms with Crippen LogP contribution < -0.4 is 19.1 Å². The monoisotopic (exact) mass is 502 g/mol. The highest BCUT2D eigenvalue weighted by molar-refractivity contribution is 7.93. The molecule has 0 fully saturated rings. The van der Waals surface area contributed by atoms with E-state index in [0.717, 1.165) is 15.4 Å². The molecule has 0 heterocycles. The van der Waals surface area contributed by atoms with Gasteiger partial charge in [0.1, 0.15) is 22.9 Å². The Kier molecular flexibility index (Phi) is 8.06. The van der Waals surface area contributed by atoms with E-state index in [2.05, 4.69) is 5.32 Å². The number of rotatable bonds is 9. The molecule has 3 aromatic rings. The lowest BCUT2D eigenvalue weighted by Gasteiger charge is -2.25. The molecule has 1 amide bonds. The molecule has 0 saturated heterocycles. The first kappa shape index (κ1) is 25.4. The van der Waals surface area contributed by atoms with E-state index in [-0.39, 0.29) is 16.3 Å². The number of methoxy groups -OCH3 is 1. The van der Waals surface area contributed by atoms with Gasteiger partial charge < -0.3 is 14.8 Å². The largest absolute Gasteiger partial charge is 0.495 e. The van der Waals surface area contributed by atoms with E-state index in [4.69, 9.17) is 21.1 Å². The molecular formula is C25H27ClN2O5S. The second kappa shape index (κ2) is 10.8. The van der Waals surface area contributed by atoms with Crippen LogP contribution in [0.5, 0.6) is 11.5 Å². The molecule has 7 nitrogen and oxygen atoms in total. The third-order valence-electron chi connectivity index (χ3n) is 5.08. The minimum absolute atomic E-state index is 0.0470. The van der Waals surface area contributed by atoms with E-state index in [0.29, 0.717) is 23.1 Å². The molecular weight excluding hydrogens is 476 g/mol. The molecule has 0 aliphatic carbocycles. The molecule has 1 N–H and O–H groups in total. The average molecular weight is 503 g/mol. The third-order valence-corrected chi connectivity index (χ3v) is 7.28. The summed E-state index contributed by atoms with van der Waals surface area (Å²) in [7, 11) is -2.80. The smallest absolute Gasteiger partial charge is 0.268 e. The molecule has 0 radical (unpaired) electrons. The zero-order valence-electron chi connectivity index (χ0n) is 19.5. The first-order valence-corrected chi connectivity index (χ1v) is 12.4. The van der Waals surface area contributed by atoms with E-state index in [1.54, 1.807) is 55.5 Å². The number of aryl methyl sites for hydroxylation is 2. The molecule has 0 aliphatic rings. The van der Waals surface area contributed by atoms with Gasteiger partial charge in [-0.1, -0.05) is 35.9 Å². The van der Waals surface area contributed by atoms with Gasteiger partial charge in [0.05, 0.1) is 25.1 Å². The Morgan fingerprint density at radius 1 is 1.03 bits per heavy atom. The molecule has 34 heavy (non-hydrogen) atoms. The topological polar surface area (TPSA) is 84.9 Å². The third kappa shape index (κ3) is 5.63. The second-order valence-electron chi connectivity index (χ2n) is 7.58. The number of nitrogens with zero attached hydrogens (tertiary/aromatic N) is 1. The van der Waals surface area contributed by atoms with Crippen molar-refractivity contribution >= 4 is 38.9 Å². The molecule has 3 aromatic carbocycles. The number of para-hydroxylation sites is 2. The summed E-state index contributed by atoms with van der Waals surface area (Å²) < 4.78 is 39.5. The first-order chi connectivity index (χ1) is 16.2. The van der Waals surface area contributed by atoms with E-state index in [9.17, 15) is 13.2 Å². The van der Waals surface area contributed by atoms with Gasteiger partial charge in [0, 0.05) is 5.02 Å². The summed E-state index contributed by atoms with van der Waals surface area (Å²) in [5.41, 5.74) is 2.22. The number of carbonyl (C=O) groups excluding carboxylic acids is 1. The van der Waals surface area contributed by atoms with Crippen molar-refractivity contribution in [3.05, 3.63) is 76.8 Å². The highest BCUT2D eigenvalue weighted by Gasteiger charge is 2.30. The molecule has 0 aromatic heterocycles. The van der Waals surface area contributed by atoms with Crippen LogP contribution in [0, 0.1) is 13.8 Å². The molecule has 0 bridgehead atoms. The molecule has 180 valence electrons. The molecule has 0 saturated carbocycles. The van der Waals surface area contributed by atoms with Crippen LogP contribution >= 0.6 is 11.6 Å².